The predicted octanol–water partition coefficient (Wildman–Crippen LogP) is 8.36. The van der Waals surface area contributed by atoms with Crippen molar-refractivity contribution in [3.05, 3.63) is 83.6 Å². The molecule has 66 heavy (non-hydrogen) atoms. The summed E-state index contributed by atoms with van der Waals surface area (Å²) in [5.74, 6) is -3.09. The van der Waals surface area contributed by atoms with E-state index in [2.05, 4.69) is 31.7 Å². The van der Waals surface area contributed by atoms with E-state index in [0.717, 1.165) is 19.3 Å². The number of H-pyrrole nitrogens is 2. The van der Waals surface area contributed by atoms with Gasteiger partial charge in [-0.3, -0.25) is 9.59 Å². The molecule has 4 N–H and O–H groups in total. The third-order valence-corrected chi connectivity index (χ3v) is 14.1. The second-order valence-corrected chi connectivity index (χ2v) is 19.1. The Balaban J connectivity index is 0.967. The maximum Gasteiger partial charge on any atom is 0.407 e. The number of nitrogens with zero attached hydrogens (tertiary/aromatic N) is 5. The first-order valence-corrected chi connectivity index (χ1v) is 22.4. The van der Waals surface area contributed by atoms with E-state index in [9.17, 15) is 24.4 Å². The second-order valence-electron chi connectivity index (χ2n) is 19.1. The predicted molar refractivity (Wildman–Crippen MR) is 239 cm³/mol. The minimum Gasteiger partial charge on any atom is -0.453 e. The molecule has 1 unspecified atom stereocenters. The topological polar surface area (TPSA) is 198 Å². The number of hydrogen-bond donors (Lipinski definition) is 4. The van der Waals surface area contributed by atoms with Gasteiger partial charge in [0.1, 0.15) is 23.7 Å². The number of nitrogens with one attached hydrogen (secondary N) is 4. The summed E-state index contributed by atoms with van der Waals surface area (Å²) >= 11 is 0. The summed E-state index contributed by atoms with van der Waals surface area (Å²) in [5.41, 5.74) is 3.35. The number of nitriles is 1. The molecule has 2 aliphatic heterocycles. The molecule has 15 nitrogen and oxygen atoms in total. The van der Waals surface area contributed by atoms with E-state index in [0.29, 0.717) is 56.2 Å². The molecule has 2 saturated heterocycles. The molecule has 4 heterocycles. The van der Waals surface area contributed by atoms with Crippen LogP contribution >= 0.6 is 0 Å². The van der Waals surface area contributed by atoms with Gasteiger partial charge >= 0.3 is 12.2 Å². The van der Waals surface area contributed by atoms with E-state index in [1.54, 1.807) is 50.1 Å². The molecule has 1 saturated carbocycles. The first-order valence-electron chi connectivity index (χ1n) is 22.4. The Morgan fingerprint density at radius 3 is 2.08 bits per heavy atom. The number of aromatic nitrogens is 4. The number of rotatable bonds is 10. The third kappa shape index (κ3) is 7.49. The van der Waals surface area contributed by atoms with E-state index < -0.39 is 41.6 Å². The zero-order valence-corrected chi connectivity index (χ0v) is 37.9. The van der Waals surface area contributed by atoms with Crippen LogP contribution in [0.3, 0.4) is 0 Å². The highest BCUT2D eigenvalue weighted by Crippen LogP contribution is 2.54. The summed E-state index contributed by atoms with van der Waals surface area (Å²) < 4.78 is 42.9. The van der Waals surface area contributed by atoms with Crippen molar-refractivity contribution >= 4 is 35.0 Å². The fourth-order valence-corrected chi connectivity index (χ4v) is 10.6. The highest BCUT2D eigenvalue weighted by atomic mass is 19.3. The highest BCUT2D eigenvalue weighted by molar-refractivity contribution is 5.89. The highest BCUT2D eigenvalue weighted by Gasteiger charge is 2.52. The number of aromatic amines is 2. The average Bonchev–Trinajstić information content (AvgIpc) is 4.18. The summed E-state index contributed by atoms with van der Waals surface area (Å²) in [6.45, 7) is 9.24. The monoisotopic (exact) mass is 901 g/mol. The van der Waals surface area contributed by atoms with Crippen molar-refractivity contribution < 1.29 is 37.4 Å². The molecule has 2 aliphatic carbocycles. The van der Waals surface area contributed by atoms with Crippen molar-refractivity contribution in [2.75, 3.05) is 20.8 Å². The van der Waals surface area contributed by atoms with Gasteiger partial charge in [0.05, 0.1) is 60.7 Å². The first-order chi connectivity index (χ1) is 31.4. The fraction of sp³-hybridized carbons (Fsp3) is 0.449. The SMILES string of the molecule is COC(=O)NC(C(=O)N1C[C@@](C)(C#N)C[C@H]1c1ncc(-c2ccc3c(c2)C(F)(F)c2cc(-c4ccc5nc([C@@H]6[C@H]7CC[C@H](C7)N6C(=O)[C@@H](NC(=O)OC)C(C)C)[nH]c5c4)ccc2-3)[nH]1)C(C)C. The maximum absolute atomic E-state index is 16.7. The van der Waals surface area contributed by atoms with Crippen molar-refractivity contribution in [3.8, 4) is 39.6 Å². The van der Waals surface area contributed by atoms with Gasteiger partial charge in [0.2, 0.25) is 11.8 Å². The second kappa shape index (κ2) is 16.6. The Labute approximate surface area is 380 Å². The van der Waals surface area contributed by atoms with Gasteiger partial charge in [-0.2, -0.15) is 14.0 Å². The Hall–Kier alpha value is -6.83. The normalized spacial score (nSPS) is 23.4. The summed E-state index contributed by atoms with van der Waals surface area (Å²) in [7, 11) is 2.49. The van der Waals surface area contributed by atoms with Gasteiger partial charge in [0, 0.05) is 29.3 Å². The average molecular weight is 902 g/mol. The lowest BCUT2D eigenvalue weighted by Crippen LogP contribution is -2.54. The number of hydrogen-bond acceptors (Lipinski definition) is 9. The number of carbonyl (C=O) groups excluding carboxylic acids is 4. The molecule has 4 aliphatic rings. The van der Waals surface area contributed by atoms with Crippen LogP contribution in [-0.2, 0) is 25.0 Å². The molecular formula is C49H53F2N9O6. The molecule has 0 spiro atoms. The van der Waals surface area contributed by atoms with E-state index >= 15 is 8.78 Å². The Bertz CT molecular complexity index is 2810. The molecule has 9 rings (SSSR count). The summed E-state index contributed by atoms with van der Waals surface area (Å²) in [4.78, 5) is 72.1. The number of halogens is 2. The summed E-state index contributed by atoms with van der Waals surface area (Å²) in [5, 5.41) is 15.4. The number of amides is 4. The number of alkyl carbamates (subject to hydrolysis) is 2. The zero-order chi connectivity index (χ0) is 47.0. The van der Waals surface area contributed by atoms with E-state index in [1.165, 1.54) is 26.4 Å². The van der Waals surface area contributed by atoms with Gasteiger partial charge in [-0.25, -0.2) is 19.6 Å². The van der Waals surface area contributed by atoms with Gasteiger partial charge in [0.15, 0.2) is 0 Å². The quantitative estimate of drug-likeness (QED) is 0.106. The standard InChI is InChI=1S/C49H53F2N9O6/c1-24(2)39(57-46(63)65-6)44(61)59-23-48(5,22-52)20-38(59)42-53-21-37(56-42)28-10-14-32-31-13-9-26(17-33(31)49(50,51)34(32)18-28)27-11-15-35-36(19-27)55-43(54-35)41-29-8-12-30(16-29)60(41)45(62)40(25(3)4)58-47(64)66-7/h9-11,13-15,17-19,21,24-25,29-30,38-41H,8,12,16,20,23H2,1-7H3,(H,53,56)(H,54,55)(H,57,63)(H,58,64)/t29-,30+,38-,39?,40-,41-,48+/m0/s1. The number of benzene rings is 3. The summed E-state index contributed by atoms with van der Waals surface area (Å²) in [6.07, 6.45) is 3.09. The van der Waals surface area contributed by atoms with Crippen LogP contribution < -0.4 is 10.6 Å². The Kier molecular flexibility index (Phi) is 11.1. The molecule has 3 fully saturated rings. The fourth-order valence-electron chi connectivity index (χ4n) is 10.6. The molecule has 3 aromatic carbocycles. The number of fused-ring (bicyclic) bond motifs is 6. The Morgan fingerprint density at radius 2 is 1.44 bits per heavy atom. The van der Waals surface area contributed by atoms with E-state index in [-0.39, 0.29) is 65.7 Å². The van der Waals surface area contributed by atoms with Gasteiger partial charge in [0.25, 0.3) is 5.92 Å². The van der Waals surface area contributed by atoms with Crippen molar-refractivity contribution in [2.24, 2.45) is 23.2 Å². The molecule has 5 aromatic rings. The van der Waals surface area contributed by atoms with Gasteiger partial charge in [-0.15, -0.1) is 0 Å². The number of carbonyl (C=O) groups is 4. The molecule has 2 bridgehead atoms. The lowest BCUT2D eigenvalue weighted by Gasteiger charge is -2.37. The molecule has 4 amide bonds. The molecule has 2 aromatic heterocycles. The maximum atomic E-state index is 16.7. The van der Waals surface area contributed by atoms with Crippen LogP contribution in [0.15, 0.2) is 60.8 Å². The molecule has 7 atom stereocenters. The van der Waals surface area contributed by atoms with E-state index in [1.807, 2.05) is 43.0 Å². The van der Waals surface area contributed by atoms with Gasteiger partial charge < -0.3 is 39.9 Å². The largest absolute Gasteiger partial charge is 0.453 e. The van der Waals surface area contributed by atoms with Crippen molar-refractivity contribution in [1.29, 1.82) is 5.26 Å². The lowest BCUT2D eigenvalue weighted by molar-refractivity contribution is -0.139. The van der Waals surface area contributed by atoms with Gasteiger partial charge in [-0.05, 0) is 96.9 Å². The van der Waals surface area contributed by atoms with Crippen LogP contribution in [0.25, 0.3) is 44.5 Å². The molecular weight excluding hydrogens is 849 g/mol. The van der Waals surface area contributed by atoms with Crippen LogP contribution in [0.2, 0.25) is 0 Å². The minimum atomic E-state index is -3.33. The lowest BCUT2D eigenvalue weighted by atomic mass is 9.90. The molecule has 17 heteroatoms. The minimum absolute atomic E-state index is 0.0335. The van der Waals surface area contributed by atoms with Crippen LogP contribution in [0.1, 0.15) is 95.2 Å². The van der Waals surface area contributed by atoms with Gasteiger partial charge in [-0.1, -0.05) is 58.0 Å². The summed E-state index contributed by atoms with van der Waals surface area (Å²) in [6, 6.07) is 15.4. The first kappa shape index (κ1) is 44.4. The van der Waals surface area contributed by atoms with Crippen LogP contribution in [0.4, 0.5) is 18.4 Å². The van der Waals surface area contributed by atoms with Crippen molar-refractivity contribution in [1.82, 2.24) is 40.4 Å². The molecule has 0 radical (unpaired) electrons. The third-order valence-electron chi connectivity index (χ3n) is 14.1. The number of likely N-dealkylation sites (tertiary alicyclic amines) is 2. The number of methoxy groups -OCH3 is 2. The van der Waals surface area contributed by atoms with E-state index in [4.69, 9.17) is 14.5 Å². The van der Waals surface area contributed by atoms with Crippen LogP contribution in [0.5, 0.6) is 0 Å². The Morgan fingerprint density at radius 1 is 0.833 bits per heavy atom. The van der Waals surface area contributed by atoms with Crippen molar-refractivity contribution in [2.45, 2.75) is 96.4 Å². The van der Waals surface area contributed by atoms with Crippen LogP contribution in [0, 0.1) is 34.5 Å². The number of imidazole rings is 2. The number of alkyl halides is 2. The van der Waals surface area contributed by atoms with Crippen molar-refractivity contribution in [3.63, 3.8) is 0 Å². The zero-order valence-electron chi connectivity index (χ0n) is 37.9. The van der Waals surface area contributed by atoms with Crippen LogP contribution in [-0.4, -0.2) is 92.6 Å². The molecule has 344 valence electrons. The number of piperidine rings is 1. The smallest absolute Gasteiger partial charge is 0.407 e. The number of ether oxygens (including phenoxy) is 2.